The van der Waals surface area contributed by atoms with Crippen LogP contribution in [0.3, 0.4) is 0 Å². The Hall–Kier alpha value is -3.12. The molecule has 1 atom stereocenters. The van der Waals surface area contributed by atoms with Crippen LogP contribution in [-0.2, 0) is 16.1 Å². The molecule has 0 saturated carbocycles. The Morgan fingerprint density at radius 3 is 2.34 bits per heavy atom. The van der Waals surface area contributed by atoms with Crippen molar-refractivity contribution in [3.63, 3.8) is 0 Å². The van der Waals surface area contributed by atoms with Gasteiger partial charge in [0.05, 0.1) is 5.56 Å². The molecule has 0 radical (unpaired) electrons. The molecule has 1 unspecified atom stereocenters. The Morgan fingerprint density at radius 2 is 1.66 bits per heavy atom. The molecule has 6 heteroatoms. The Balaban J connectivity index is 1.66. The molecule has 29 heavy (non-hydrogen) atoms. The van der Waals surface area contributed by atoms with Gasteiger partial charge < -0.3 is 9.64 Å². The fourth-order valence-electron chi connectivity index (χ4n) is 2.75. The number of ether oxygens (including phenoxy) is 1. The molecule has 0 fully saturated rings. The van der Waals surface area contributed by atoms with Crippen LogP contribution in [0.4, 0.5) is 0 Å². The van der Waals surface area contributed by atoms with Gasteiger partial charge in [-0.05, 0) is 36.8 Å². The third kappa shape index (κ3) is 5.68. The fourth-order valence-corrected chi connectivity index (χ4v) is 3.64. The zero-order valence-corrected chi connectivity index (χ0v) is 17.1. The van der Waals surface area contributed by atoms with Crippen molar-refractivity contribution in [2.45, 2.75) is 29.5 Å². The van der Waals surface area contributed by atoms with Gasteiger partial charge in [-0.3, -0.25) is 4.79 Å². The maximum Gasteiger partial charge on any atom is 0.341 e. The molecule has 0 aliphatic rings. The maximum absolute atomic E-state index is 12.7. The van der Waals surface area contributed by atoms with Gasteiger partial charge in [-0.25, -0.2) is 9.78 Å². The minimum absolute atomic E-state index is 0.261. The summed E-state index contributed by atoms with van der Waals surface area (Å²) in [5, 5.41) is 0.543. The molecule has 0 bridgehead atoms. The molecule has 0 N–H and O–H groups in total. The van der Waals surface area contributed by atoms with Crippen molar-refractivity contribution in [1.82, 2.24) is 9.88 Å². The van der Waals surface area contributed by atoms with Gasteiger partial charge in [0.2, 0.25) is 0 Å². The Bertz CT molecular complexity index is 964. The van der Waals surface area contributed by atoms with Crippen LogP contribution in [0.25, 0.3) is 0 Å². The van der Waals surface area contributed by atoms with Gasteiger partial charge in [0.1, 0.15) is 5.03 Å². The summed E-state index contributed by atoms with van der Waals surface area (Å²) in [5.74, 6) is -0.825. The van der Waals surface area contributed by atoms with Crippen LogP contribution in [0.2, 0.25) is 0 Å². The van der Waals surface area contributed by atoms with E-state index in [1.165, 1.54) is 11.8 Å². The van der Waals surface area contributed by atoms with Crippen molar-refractivity contribution < 1.29 is 14.3 Å². The van der Waals surface area contributed by atoms with Crippen LogP contribution in [0.1, 0.15) is 22.8 Å². The molecule has 148 valence electrons. The van der Waals surface area contributed by atoms with E-state index in [9.17, 15) is 9.59 Å². The summed E-state index contributed by atoms with van der Waals surface area (Å²) in [6.45, 7) is 2.03. The van der Waals surface area contributed by atoms with Crippen LogP contribution in [0.15, 0.2) is 88.9 Å². The van der Waals surface area contributed by atoms with E-state index < -0.39 is 12.1 Å². The molecule has 5 nitrogen and oxygen atoms in total. The first kappa shape index (κ1) is 20.6. The van der Waals surface area contributed by atoms with Crippen LogP contribution in [-0.4, -0.2) is 34.9 Å². The van der Waals surface area contributed by atoms with Crippen molar-refractivity contribution in [2.24, 2.45) is 0 Å². The van der Waals surface area contributed by atoms with Crippen LogP contribution < -0.4 is 0 Å². The summed E-state index contributed by atoms with van der Waals surface area (Å²) >= 11 is 1.38. The first-order valence-corrected chi connectivity index (χ1v) is 10.0. The van der Waals surface area contributed by atoms with Gasteiger partial charge >= 0.3 is 5.97 Å². The van der Waals surface area contributed by atoms with E-state index in [2.05, 4.69) is 4.98 Å². The van der Waals surface area contributed by atoms with Gasteiger partial charge in [-0.15, -0.1) is 0 Å². The molecule has 2 aromatic carbocycles. The van der Waals surface area contributed by atoms with Gasteiger partial charge in [-0.2, -0.15) is 0 Å². The average Bonchev–Trinajstić information content (AvgIpc) is 2.75. The summed E-state index contributed by atoms with van der Waals surface area (Å²) < 4.78 is 5.45. The first-order valence-electron chi connectivity index (χ1n) is 9.22. The molecule has 0 aliphatic heterocycles. The van der Waals surface area contributed by atoms with Gasteiger partial charge in [0.25, 0.3) is 5.91 Å². The van der Waals surface area contributed by atoms with Crippen LogP contribution in [0, 0.1) is 0 Å². The molecule has 3 rings (SSSR count). The number of likely N-dealkylation sites (N-methyl/N-ethyl adjacent to an activating group) is 1. The zero-order valence-electron chi connectivity index (χ0n) is 16.3. The van der Waals surface area contributed by atoms with Gasteiger partial charge in [0, 0.05) is 24.7 Å². The number of carbonyl (C=O) groups is 2. The van der Waals surface area contributed by atoms with E-state index in [4.69, 9.17) is 4.74 Å². The van der Waals surface area contributed by atoms with Crippen LogP contribution >= 0.6 is 11.8 Å². The lowest BCUT2D eigenvalue weighted by Gasteiger charge is -2.21. The quantitative estimate of drug-likeness (QED) is 0.543. The highest BCUT2D eigenvalue weighted by Crippen LogP contribution is 2.28. The number of rotatable bonds is 7. The minimum atomic E-state index is -0.897. The van der Waals surface area contributed by atoms with Gasteiger partial charge in [0.15, 0.2) is 6.10 Å². The van der Waals surface area contributed by atoms with E-state index in [-0.39, 0.29) is 5.91 Å². The smallest absolute Gasteiger partial charge is 0.341 e. The predicted octanol–water partition coefficient (Wildman–Crippen LogP) is 4.44. The monoisotopic (exact) mass is 406 g/mol. The largest absolute Gasteiger partial charge is 0.449 e. The zero-order chi connectivity index (χ0) is 20.6. The number of amides is 1. The van der Waals surface area contributed by atoms with E-state index in [0.717, 1.165) is 10.5 Å². The summed E-state index contributed by atoms with van der Waals surface area (Å²) in [6.07, 6.45) is 0.732. The molecule has 0 saturated heterocycles. The topological polar surface area (TPSA) is 59.5 Å². The average molecular weight is 407 g/mol. The van der Waals surface area contributed by atoms with Crippen molar-refractivity contribution in [1.29, 1.82) is 0 Å². The molecular formula is C23H22N2O3S. The van der Waals surface area contributed by atoms with Crippen molar-refractivity contribution in [2.75, 3.05) is 7.05 Å². The molecule has 1 aromatic heterocycles. The number of carbonyl (C=O) groups excluding carboxylic acids is 2. The summed E-state index contributed by atoms with van der Waals surface area (Å²) in [4.78, 5) is 32.1. The van der Waals surface area contributed by atoms with Crippen molar-refractivity contribution in [3.05, 3.63) is 90.1 Å². The van der Waals surface area contributed by atoms with Gasteiger partial charge in [-0.1, -0.05) is 60.3 Å². The van der Waals surface area contributed by atoms with Crippen molar-refractivity contribution in [3.8, 4) is 0 Å². The number of esters is 1. The maximum atomic E-state index is 12.7. The van der Waals surface area contributed by atoms with E-state index in [0.29, 0.717) is 17.1 Å². The number of nitrogens with zero attached hydrogens (tertiary/aromatic N) is 2. The van der Waals surface area contributed by atoms with E-state index >= 15 is 0 Å². The summed E-state index contributed by atoms with van der Waals surface area (Å²) in [6, 6.07) is 22.7. The van der Waals surface area contributed by atoms with E-state index in [1.807, 2.05) is 60.7 Å². The minimum Gasteiger partial charge on any atom is -0.449 e. The number of pyridine rings is 1. The normalized spacial score (nSPS) is 11.5. The van der Waals surface area contributed by atoms with Crippen molar-refractivity contribution >= 4 is 23.6 Å². The molecule has 3 aromatic rings. The third-order valence-electron chi connectivity index (χ3n) is 4.22. The van der Waals surface area contributed by atoms with Crippen LogP contribution in [0.5, 0.6) is 0 Å². The van der Waals surface area contributed by atoms with E-state index in [1.54, 1.807) is 37.2 Å². The standard InChI is InChI=1S/C23H22N2O3S/c1-17(22(26)25(2)16-18-10-5-3-6-11-18)28-23(27)20-14-9-15-24-21(20)29-19-12-7-4-8-13-19/h3-15,17H,16H2,1-2H3. The molecule has 1 heterocycles. The lowest BCUT2D eigenvalue weighted by molar-refractivity contribution is -0.139. The molecule has 0 aliphatic carbocycles. The second-order valence-corrected chi connectivity index (χ2v) is 7.56. The number of hydrogen-bond acceptors (Lipinski definition) is 5. The first-order chi connectivity index (χ1) is 14.0. The molecule has 1 amide bonds. The summed E-state index contributed by atoms with van der Waals surface area (Å²) in [5.41, 5.74) is 1.35. The molecular weight excluding hydrogens is 384 g/mol. The number of benzene rings is 2. The SMILES string of the molecule is CC(OC(=O)c1cccnc1Sc1ccccc1)C(=O)N(C)Cc1ccccc1. The second-order valence-electron chi connectivity index (χ2n) is 6.50. The highest BCUT2D eigenvalue weighted by molar-refractivity contribution is 7.99. The lowest BCUT2D eigenvalue weighted by Crippen LogP contribution is -2.37. The Morgan fingerprint density at radius 1 is 1.00 bits per heavy atom. The highest BCUT2D eigenvalue weighted by atomic mass is 32.2. The number of aromatic nitrogens is 1. The highest BCUT2D eigenvalue weighted by Gasteiger charge is 2.24. The Labute approximate surface area is 174 Å². The Kier molecular flexibility index (Phi) is 7.03. The third-order valence-corrected chi connectivity index (χ3v) is 5.25. The second kappa shape index (κ2) is 9.89. The predicted molar refractivity (Wildman–Crippen MR) is 113 cm³/mol. The molecule has 0 spiro atoms. The lowest BCUT2D eigenvalue weighted by atomic mass is 10.2. The summed E-state index contributed by atoms with van der Waals surface area (Å²) in [7, 11) is 1.69. The fraction of sp³-hybridized carbons (Fsp3) is 0.174. The number of hydrogen-bond donors (Lipinski definition) is 0.